The maximum atomic E-state index is 12.9. The number of rotatable bonds is 7. The molecule has 23 heavy (non-hydrogen) atoms. The van der Waals surface area contributed by atoms with Crippen molar-refractivity contribution in [3.8, 4) is 0 Å². The molecule has 0 bridgehead atoms. The first-order valence-electron chi connectivity index (χ1n) is 8.59. The molecule has 2 rings (SSSR count). The zero-order valence-corrected chi connectivity index (χ0v) is 14.1. The van der Waals surface area contributed by atoms with Gasteiger partial charge < -0.3 is 10.0 Å². The van der Waals surface area contributed by atoms with Gasteiger partial charge in [0.15, 0.2) is 0 Å². The van der Waals surface area contributed by atoms with Crippen molar-refractivity contribution in [1.29, 1.82) is 0 Å². The van der Waals surface area contributed by atoms with Gasteiger partial charge in [-0.05, 0) is 39.0 Å². The fourth-order valence-electron chi connectivity index (χ4n) is 3.18. The summed E-state index contributed by atoms with van der Waals surface area (Å²) in [6.07, 6.45) is 7.55. The quantitative estimate of drug-likeness (QED) is 0.838. The lowest BCUT2D eigenvalue weighted by Crippen LogP contribution is -2.44. The van der Waals surface area contributed by atoms with E-state index in [4.69, 9.17) is 5.11 Å². The van der Waals surface area contributed by atoms with Gasteiger partial charge in [-0.3, -0.25) is 14.3 Å². The summed E-state index contributed by atoms with van der Waals surface area (Å²) >= 11 is 0. The van der Waals surface area contributed by atoms with Crippen LogP contribution < -0.4 is 0 Å². The van der Waals surface area contributed by atoms with Gasteiger partial charge in [0.25, 0.3) is 5.91 Å². The van der Waals surface area contributed by atoms with E-state index in [0.29, 0.717) is 18.5 Å². The minimum absolute atomic E-state index is 0.000312. The number of carboxylic acid groups (broad SMARTS) is 1. The minimum atomic E-state index is -0.800. The van der Waals surface area contributed by atoms with Crippen molar-refractivity contribution in [2.45, 2.75) is 71.4 Å². The van der Waals surface area contributed by atoms with Gasteiger partial charge >= 0.3 is 5.97 Å². The fraction of sp³-hybridized carbons (Fsp3) is 0.706. The molecule has 0 aliphatic carbocycles. The third-order valence-electron chi connectivity index (χ3n) is 4.50. The Balaban J connectivity index is 2.10. The van der Waals surface area contributed by atoms with E-state index in [2.05, 4.69) is 12.0 Å². The summed E-state index contributed by atoms with van der Waals surface area (Å²) in [5.41, 5.74) is 1.41. The van der Waals surface area contributed by atoms with Crippen molar-refractivity contribution in [2.24, 2.45) is 0 Å². The molecular formula is C17H27N3O3. The van der Waals surface area contributed by atoms with Crippen LogP contribution in [-0.4, -0.2) is 44.3 Å². The summed E-state index contributed by atoms with van der Waals surface area (Å²) in [6, 6.07) is 0.0331. The number of aryl methyl sites for hydroxylation is 2. The van der Waals surface area contributed by atoms with Crippen molar-refractivity contribution in [2.75, 3.05) is 6.54 Å². The number of aromatic nitrogens is 2. The molecule has 2 heterocycles. The van der Waals surface area contributed by atoms with Crippen LogP contribution in [0.3, 0.4) is 0 Å². The van der Waals surface area contributed by atoms with Gasteiger partial charge in [0, 0.05) is 31.7 Å². The van der Waals surface area contributed by atoms with E-state index >= 15 is 0 Å². The molecule has 1 aliphatic heterocycles. The van der Waals surface area contributed by atoms with Crippen molar-refractivity contribution in [3.05, 3.63) is 17.5 Å². The number of aliphatic carboxylic acids is 1. The molecule has 1 aromatic rings. The molecule has 6 heteroatoms. The van der Waals surface area contributed by atoms with Gasteiger partial charge in [-0.15, -0.1) is 0 Å². The second kappa shape index (κ2) is 8.13. The SMILES string of the molecule is CCCCn1cc(C(=O)N2CCCCC2CCC(=O)O)c(C)n1. The molecule has 1 amide bonds. The predicted molar refractivity (Wildman–Crippen MR) is 87.4 cm³/mol. The van der Waals surface area contributed by atoms with E-state index in [1.807, 2.05) is 22.7 Å². The van der Waals surface area contributed by atoms with Crippen LogP contribution in [0.25, 0.3) is 0 Å². The Morgan fingerprint density at radius 1 is 1.39 bits per heavy atom. The molecule has 0 aromatic carbocycles. The number of carboxylic acids is 1. The number of hydrogen-bond donors (Lipinski definition) is 1. The topological polar surface area (TPSA) is 75.4 Å². The van der Waals surface area contributed by atoms with E-state index in [0.717, 1.165) is 44.3 Å². The monoisotopic (exact) mass is 321 g/mol. The van der Waals surface area contributed by atoms with Gasteiger partial charge in [-0.1, -0.05) is 13.3 Å². The molecule has 1 aromatic heterocycles. The first-order chi connectivity index (χ1) is 11.0. The number of carbonyl (C=O) groups excluding carboxylic acids is 1. The van der Waals surface area contributed by atoms with Crippen LogP contribution >= 0.6 is 0 Å². The maximum absolute atomic E-state index is 12.9. The number of unbranched alkanes of at least 4 members (excludes halogenated alkanes) is 1. The third kappa shape index (κ3) is 4.56. The Hall–Kier alpha value is -1.85. The number of hydrogen-bond acceptors (Lipinski definition) is 3. The first-order valence-corrected chi connectivity index (χ1v) is 8.59. The lowest BCUT2D eigenvalue weighted by molar-refractivity contribution is -0.137. The highest BCUT2D eigenvalue weighted by Crippen LogP contribution is 2.24. The molecule has 6 nitrogen and oxygen atoms in total. The van der Waals surface area contributed by atoms with Crippen LogP contribution in [0.4, 0.5) is 0 Å². The molecule has 0 spiro atoms. The highest BCUT2D eigenvalue weighted by atomic mass is 16.4. The van der Waals surface area contributed by atoms with Crippen molar-refractivity contribution >= 4 is 11.9 Å². The standard InChI is InChI=1S/C17H27N3O3/c1-3-4-10-19-12-15(13(2)18-19)17(23)20-11-6-5-7-14(20)8-9-16(21)22/h12,14H,3-11H2,1-2H3,(H,21,22). The van der Waals surface area contributed by atoms with Crippen LogP contribution in [0.2, 0.25) is 0 Å². The summed E-state index contributed by atoms with van der Waals surface area (Å²) < 4.78 is 1.85. The predicted octanol–water partition coefficient (Wildman–Crippen LogP) is 2.85. The van der Waals surface area contributed by atoms with Gasteiger partial charge in [-0.2, -0.15) is 5.10 Å². The normalized spacial score (nSPS) is 18.2. The Labute approximate surface area is 137 Å². The Morgan fingerprint density at radius 3 is 2.87 bits per heavy atom. The maximum Gasteiger partial charge on any atom is 0.303 e. The average molecular weight is 321 g/mol. The van der Waals surface area contributed by atoms with Crippen LogP contribution in [0.5, 0.6) is 0 Å². The Bertz CT molecular complexity index is 553. The van der Waals surface area contributed by atoms with E-state index in [1.54, 1.807) is 0 Å². The minimum Gasteiger partial charge on any atom is -0.481 e. The highest BCUT2D eigenvalue weighted by molar-refractivity contribution is 5.95. The lowest BCUT2D eigenvalue weighted by Gasteiger charge is -2.35. The summed E-state index contributed by atoms with van der Waals surface area (Å²) in [7, 11) is 0. The smallest absolute Gasteiger partial charge is 0.303 e. The second-order valence-corrected chi connectivity index (χ2v) is 6.33. The van der Waals surface area contributed by atoms with Gasteiger partial charge in [-0.25, -0.2) is 0 Å². The summed E-state index contributed by atoms with van der Waals surface area (Å²) in [5, 5.41) is 13.3. The molecule has 0 saturated carbocycles. The summed E-state index contributed by atoms with van der Waals surface area (Å²) in [6.45, 7) is 5.53. The zero-order chi connectivity index (χ0) is 16.8. The number of likely N-dealkylation sites (tertiary alicyclic amines) is 1. The number of carbonyl (C=O) groups is 2. The Morgan fingerprint density at radius 2 is 2.17 bits per heavy atom. The van der Waals surface area contributed by atoms with Gasteiger partial charge in [0.2, 0.25) is 0 Å². The number of piperidine rings is 1. The van der Waals surface area contributed by atoms with E-state index in [9.17, 15) is 9.59 Å². The molecular weight excluding hydrogens is 294 g/mol. The molecule has 1 aliphatic rings. The molecule has 128 valence electrons. The highest BCUT2D eigenvalue weighted by Gasteiger charge is 2.29. The third-order valence-corrected chi connectivity index (χ3v) is 4.50. The molecule has 1 saturated heterocycles. The van der Waals surface area contributed by atoms with Crippen LogP contribution in [0.15, 0.2) is 6.20 Å². The van der Waals surface area contributed by atoms with Gasteiger partial charge in [0.1, 0.15) is 0 Å². The second-order valence-electron chi connectivity index (χ2n) is 6.33. The van der Waals surface area contributed by atoms with Crippen molar-refractivity contribution in [3.63, 3.8) is 0 Å². The van der Waals surface area contributed by atoms with Crippen molar-refractivity contribution < 1.29 is 14.7 Å². The van der Waals surface area contributed by atoms with Crippen LogP contribution in [-0.2, 0) is 11.3 Å². The number of amides is 1. The van der Waals surface area contributed by atoms with Gasteiger partial charge in [0.05, 0.1) is 11.3 Å². The zero-order valence-electron chi connectivity index (χ0n) is 14.1. The van der Waals surface area contributed by atoms with Crippen LogP contribution in [0, 0.1) is 6.92 Å². The fourth-order valence-corrected chi connectivity index (χ4v) is 3.18. The van der Waals surface area contributed by atoms with E-state index in [-0.39, 0.29) is 18.4 Å². The lowest BCUT2D eigenvalue weighted by atomic mass is 9.97. The molecule has 0 radical (unpaired) electrons. The summed E-state index contributed by atoms with van der Waals surface area (Å²) in [4.78, 5) is 25.6. The first kappa shape index (κ1) is 17.5. The summed E-state index contributed by atoms with van der Waals surface area (Å²) in [5.74, 6) is -0.799. The van der Waals surface area contributed by atoms with E-state index in [1.165, 1.54) is 0 Å². The molecule has 1 N–H and O–H groups in total. The largest absolute Gasteiger partial charge is 0.481 e. The van der Waals surface area contributed by atoms with Crippen LogP contribution in [0.1, 0.15) is 67.9 Å². The molecule has 1 fully saturated rings. The van der Waals surface area contributed by atoms with E-state index < -0.39 is 5.97 Å². The Kier molecular flexibility index (Phi) is 6.19. The number of nitrogens with zero attached hydrogens (tertiary/aromatic N) is 3. The average Bonchev–Trinajstić information content (AvgIpc) is 2.91. The molecule has 1 unspecified atom stereocenters. The molecule has 1 atom stereocenters. The van der Waals surface area contributed by atoms with Crippen molar-refractivity contribution in [1.82, 2.24) is 14.7 Å².